The number of fused-ring (bicyclic) bond motifs is 3. The summed E-state index contributed by atoms with van der Waals surface area (Å²) in [5.41, 5.74) is 1.23. The molecule has 4 aliphatic heterocycles. The Morgan fingerprint density at radius 1 is 1.05 bits per heavy atom. The summed E-state index contributed by atoms with van der Waals surface area (Å²) in [6, 6.07) is 1.74. The van der Waals surface area contributed by atoms with E-state index >= 15 is 0 Å². The van der Waals surface area contributed by atoms with Crippen molar-refractivity contribution in [2.45, 2.75) is 103 Å². The molecule has 0 aliphatic carbocycles. The Balaban J connectivity index is 1.47. The van der Waals surface area contributed by atoms with Crippen molar-refractivity contribution in [1.29, 1.82) is 0 Å². The third-order valence-electron chi connectivity index (χ3n) is 9.22. The Kier molecular flexibility index (Phi) is 6.55. The van der Waals surface area contributed by atoms with Gasteiger partial charge in [0.15, 0.2) is 15.0 Å². The Bertz CT molecular complexity index is 1070. The van der Waals surface area contributed by atoms with Crippen molar-refractivity contribution in [3.05, 3.63) is 17.2 Å². The summed E-state index contributed by atoms with van der Waals surface area (Å²) in [5.74, 6) is 1.30. The zero-order valence-corrected chi connectivity index (χ0v) is 24.9. The average Bonchev–Trinajstić information content (AvgIpc) is 3.35. The molecular formula is C27H42BNO7Si. The smallest absolute Gasteiger partial charge is 0.493 e. The summed E-state index contributed by atoms with van der Waals surface area (Å²) in [7, 11) is -2.69. The molecule has 2 fully saturated rings. The molecule has 1 aromatic rings. The van der Waals surface area contributed by atoms with E-state index in [-0.39, 0.29) is 29.8 Å². The van der Waals surface area contributed by atoms with Gasteiger partial charge in [0.1, 0.15) is 11.5 Å². The quantitative estimate of drug-likeness (QED) is 0.546. The lowest BCUT2D eigenvalue weighted by molar-refractivity contribution is -0.0658. The van der Waals surface area contributed by atoms with Gasteiger partial charge in [0, 0.05) is 24.1 Å². The molecule has 1 aromatic carbocycles. The van der Waals surface area contributed by atoms with E-state index in [1.807, 2.05) is 38.7 Å². The normalized spacial score (nSPS) is 27.0. The van der Waals surface area contributed by atoms with Gasteiger partial charge in [-0.05, 0) is 58.3 Å². The molecule has 4 aliphatic rings. The van der Waals surface area contributed by atoms with Gasteiger partial charge in [0.05, 0.1) is 42.1 Å². The summed E-state index contributed by atoms with van der Waals surface area (Å²) in [5, 5.41) is 0.0578. The molecular weight excluding hydrogens is 489 g/mol. The molecule has 2 saturated heterocycles. The zero-order valence-electron chi connectivity index (χ0n) is 23.9. The van der Waals surface area contributed by atoms with Gasteiger partial charge in [-0.3, -0.25) is 9.69 Å². The molecule has 0 unspecified atom stereocenters. The Morgan fingerprint density at radius 2 is 1.73 bits per heavy atom. The number of amides is 1. The molecule has 8 nitrogen and oxygen atoms in total. The SMILES string of the molecule is CC1(C)OB(c2cc3c(c4c2OCC4)OCN([C@H]2CCOC[C@@H]2O[Si](C)(C)C(C)(C)C)C3=O)OC1(C)C. The molecule has 2 atom stereocenters. The first-order valence-electron chi connectivity index (χ1n) is 13.5. The lowest BCUT2D eigenvalue weighted by Gasteiger charge is -2.46. The van der Waals surface area contributed by atoms with E-state index in [4.69, 9.17) is 27.9 Å². The van der Waals surface area contributed by atoms with Gasteiger partial charge in [-0.25, -0.2) is 0 Å². The highest BCUT2D eigenvalue weighted by Gasteiger charge is 2.54. The molecule has 1 amide bonds. The minimum Gasteiger partial charge on any atom is -0.493 e. The molecule has 10 heteroatoms. The van der Waals surface area contributed by atoms with Gasteiger partial charge in [0.25, 0.3) is 5.91 Å². The van der Waals surface area contributed by atoms with Crippen LogP contribution in [0.3, 0.4) is 0 Å². The molecule has 204 valence electrons. The van der Waals surface area contributed by atoms with Crippen molar-refractivity contribution < 1.29 is 32.7 Å². The molecule has 0 bridgehead atoms. The van der Waals surface area contributed by atoms with Crippen LogP contribution in [0.1, 0.15) is 70.8 Å². The fraction of sp³-hybridized carbons (Fsp3) is 0.741. The van der Waals surface area contributed by atoms with E-state index in [1.54, 1.807) is 0 Å². The molecule has 0 spiro atoms. The van der Waals surface area contributed by atoms with Crippen molar-refractivity contribution in [1.82, 2.24) is 4.90 Å². The van der Waals surface area contributed by atoms with Crippen LogP contribution in [0.5, 0.6) is 11.5 Å². The van der Waals surface area contributed by atoms with E-state index in [0.29, 0.717) is 44.0 Å². The molecule has 5 rings (SSSR count). The van der Waals surface area contributed by atoms with Gasteiger partial charge in [-0.1, -0.05) is 20.8 Å². The Hall–Kier alpha value is -1.59. The predicted octanol–water partition coefficient (Wildman–Crippen LogP) is 3.89. The predicted molar refractivity (Wildman–Crippen MR) is 144 cm³/mol. The highest BCUT2D eigenvalue weighted by Crippen LogP contribution is 2.43. The van der Waals surface area contributed by atoms with Crippen LogP contribution in [-0.4, -0.2) is 76.1 Å². The zero-order chi connectivity index (χ0) is 27.0. The molecule has 4 heterocycles. The summed E-state index contributed by atoms with van der Waals surface area (Å²) in [4.78, 5) is 15.9. The molecule has 0 saturated carbocycles. The van der Waals surface area contributed by atoms with Crippen molar-refractivity contribution >= 4 is 26.8 Å². The van der Waals surface area contributed by atoms with Crippen LogP contribution in [0.2, 0.25) is 18.1 Å². The van der Waals surface area contributed by atoms with Crippen molar-refractivity contribution in [3.8, 4) is 11.5 Å². The first-order valence-corrected chi connectivity index (χ1v) is 16.4. The minimum absolute atomic E-state index is 0.0514. The number of carbonyl (C=O) groups excluding carboxylic acids is 1. The van der Waals surface area contributed by atoms with Crippen LogP contribution in [0.15, 0.2) is 6.07 Å². The van der Waals surface area contributed by atoms with Crippen LogP contribution in [0.4, 0.5) is 0 Å². The topological polar surface area (TPSA) is 75.7 Å². The maximum atomic E-state index is 14.1. The maximum absolute atomic E-state index is 14.1. The Morgan fingerprint density at radius 3 is 2.38 bits per heavy atom. The van der Waals surface area contributed by atoms with Crippen molar-refractivity contribution in [3.63, 3.8) is 0 Å². The van der Waals surface area contributed by atoms with Gasteiger partial charge < -0.3 is 27.9 Å². The standard InChI is InChI=1S/C27H42BNO7Si/c1-25(2,3)37(8,9)34-21-15-31-12-11-20(21)29-16-33-22-17-10-13-32-23(17)19(14-18(22)24(29)30)28-35-26(4,5)27(6,7)36-28/h14,20-21H,10-13,15-16H2,1-9H3/t20-,21-/m0/s1. The van der Waals surface area contributed by atoms with E-state index in [1.165, 1.54) is 0 Å². The molecule has 0 N–H and O–H groups in total. The number of nitrogens with zero attached hydrogens (tertiary/aromatic N) is 1. The number of ether oxygens (including phenoxy) is 3. The summed E-state index contributed by atoms with van der Waals surface area (Å²) in [6.07, 6.45) is 1.21. The third kappa shape index (κ3) is 4.52. The van der Waals surface area contributed by atoms with E-state index in [2.05, 4.69) is 33.9 Å². The highest BCUT2D eigenvalue weighted by atomic mass is 28.4. The largest absolute Gasteiger partial charge is 0.498 e. The number of benzene rings is 1. The summed E-state index contributed by atoms with van der Waals surface area (Å²) >= 11 is 0. The van der Waals surface area contributed by atoms with Gasteiger partial charge >= 0.3 is 7.12 Å². The van der Waals surface area contributed by atoms with Crippen LogP contribution < -0.4 is 14.9 Å². The number of rotatable bonds is 4. The van der Waals surface area contributed by atoms with Gasteiger partial charge in [-0.15, -0.1) is 0 Å². The van der Waals surface area contributed by atoms with Gasteiger partial charge in [-0.2, -0.15) is 0 Å². The lowest BCUT2D eigenvalue weighted by Crippen LogP contribution is -2.58. The van der Waals surface area contributed by atoms with Crippen molar-refractivity contribution in [2.24, 2.45) is 0 Å². The second kappa shape index (κ2) is 8.98. The maximum Gasteiger partial charge on any atom is 0.498 e. The van der Waals surface area contributed by atoms with E-state index < -0.39 is 26.6 Å². The fourth-order valence-corrected chi connectivity index (χ4v) is 6.50. The number of carbonyl (C=O) groups is 1. The Labute approximate surface area is 222 Å². The monoisotopic (exact) mass is 531 g/mol. The highest BCUT2D eigenvalue weighted by molar-refractivity contribution is 6.74. The van der Waals surface area contributed by atoms with Crippen LogP contribution in [0, 0.1) is 0 Å². The third-order valence-corrected chi connectivity index (χ3v) is 13.7. The molecule has 37 heavy (non-hydrogen) atoms. The average molecular weight is 532 g/mol. The van der Waals surface area contributed by atoms with E-state index in [0.717, 1.165) is 16.8 Å². The fourth-order valence-electron chi connectivity index (χ4n) is 5.17. The first-order chi connectivity index (χ1) is 17.1. The van der Waals surface area contributed by atoms with Crippen LogP contribution >= 0.6 is 0 Å². The molecule has 0 aromatic heterocycles. The minimum atomic E-state index is -2.07. The van der Waals surface area contributed by atoms with Crippen LogP contribution in [-0.2, 0) is 24.9 Å². The van der Waals surface area contributed by atoms with Gasteiger partial charge in [0.2, 0.25) is 0 Å². The number of hydrogen-bond acceptors (Lipinski definition) is 7. The summed E-state index contributed by atoms with van der Waals surface area (Å²) in [6.45, 7) is 21.1. The summed E-state index contributed by atoms with van der Waals surface area (Å²) < 4.78 is 37.6. The van der Waals surface area contributed by atoms with Crippen LogP contribution in [0.25, 0.3) is 0 Å². The lowest BCUT2D eigenvalue weighted by atomic mass is 9.76. The number of hydrogen-bond donors (Lipinski definition) is 0. The second-order valence-electron chi connectivity index (χ2n) is 13.2. The molecule has 0 radical (unpaired) electrons. The second-order valence-corrected chi connectivity index (χ2v) is 18.0. The first kappa shape index (κ1) is 27.0. The van der Waals surface area contributed by atoms with Crippen molar-refractivity contribution in [2.75, 3.05) is 26.6 Å². The van der Waals surface area contributed by atoms with E-state index in [9.17, 15) is 4.79 Å².